The van der Waals surface area contributed by atoms with Gasteiger partial charge in [-0.05, 0) is 59.6 Å². The third-order valence-electron chi connectivity index (χ3n) is 4.03. The van der Waals surface area contributed by atoms with E-state index in [4.69, 9.17) is 9.72 Å². The summed E-state index contributed by atoms with van der Waals surface area (Å²) in [6.07, 6.45) is 3.59. The first-order chi connectivity index (χ1) is 13.3. The molecule has 2 aromatic heterocycles. The van der Waals surface area contributed by atoms with Crippen LogP contribution in [0.4, 0.5) is 0 Å². The van der Waals surface area contributed by atoms with Crippen LogP contribution in [-0.4, -0.2) is 21.0 Å². The van der Waals surface area contributed by atoms with Crippen LogP contribution >= 0.6 is 11.5 Å². The maximum Gasteiger partial charge on any atom is 0.223 e. The first-order valence-corrected chi connectivity index (χ1v) is 9.30. The summed E-state index contributed by atoms with van der Waals surface area (Å²) >= 11 is 1.52. The Kier molecular flexibility index (Phi) is 5.07. The van der Waals surface area contributed by atoms with E-state index < -0.39 is 0 Å². The third kappa shape index (κ3) is 3.96. The fraction of sp³-hybridized carbons (Fsp3) is 0.0952. The highest BCUT2D eigenvalue weighted by atomic mass is 32.1. The zero-order valence-corrected chi connectivity index (χ0v) is 15.6. The van der Waals surface area contributed by atoms with E-state index in [0.29, 0.717) is 6.54 Å². The second-order valence-corrected chi connectivity index (χ2v) is 6.76. The van der Waals surface area contributed by atoms with Crippen molar-refractivity contribution in [1.82, 2.24) is 13.9 Å². The Hall–Kier alpha value is -3.25. The van der Waals surface area contributed by atoms with Crippen LogP contribution < -0.4 is 9.54 Å². The highest BCUT2D eigenvalue weighted by Gasteiger charge is 2.11. The van der Waals surface area contributed by atoms with Gasteiger partial charge in [0.15, 0.2) is 5.82 Å². The van der Waals surface area contributed by atoms with E-state index in [-0.39, 0.29) is 0 Å². The van der Waals surface area contributed by atoms with Gasteiger partial charge >= 0.3 is 0 Å². The van der Waals surface area contributed by atoms with Crippen molar-refractivity contribution < 1.29 is 4.74 Å². The molecule has 0 spiro atoms. The van der Waals surface area contributed by atoms with Crippen molar-refractivity contribution >= 4 is 11.5 Å². The number of pyridine rings is 1. The van der Waals surface area contributed by atoms with Gasteiger partial charge in [0.05, 0.1) is 19.3 Å². The van der Waals surface area contributed by atoms with E-state index in [1.54, 1.807) is 13.3 Å². The molecule has 0 aliphatic heterocycles. The Labute approximate surface area is 161 Å². The Bertz CT molecular complexity index is 1070. The van der Waals surface area contributed by atoms with E-state index in [2.05, 4.69) is 26.1 Å². The minimum absolute atomic E-state index is 0.554. The highest BCUT2D eigenvalue weighted by Crippen LogP contribution is 2.24. The Morgan fingerprint density at radius 2 is 1.81 bits per heavy atom. The topological polar surface area (TPSA) is 52.3 Å². The molecule has 4 aromatic rings. The SMILES string of the molecule is COc1ccc(-c2nc(=NCc3cccnc3)sn2-c2ccccc2)cc1. The lowest BCUT2D eigenvalue weighted by Crippen LogP contribution is -1.99. The van der Waals surface area contributed by atoms with Crippen molar-refractivity contribution in [2.45, 2.75) is 6.54 Å². The molecule has 0 fully saturated rings. The van der Waals surface area contributed by atoms with Crippen molar-refractivity contribution in [2.75, 3.05) is 7.11 Å². The van der Waals surface area contributed by atoms with Gasteiger partial charge in [0.2, 0.25) is 4.80 Å². The van der Waals surface area contributed by atoms with Gasteiger partial charge in [-0.2, -0.15) is 4.98 Å². The number of hydrogen-bond donors (Lipinski definition) is 0. The van der Waals surface area contributed by atoms with Gasteiger partial charge < -0.3 is 4.74 Å². The highest BCUT2D eigenvalue weighted by molar-refractivity contribution is 7.04. The average Bonchev–Trinajstić information content (AvgIpc) is 3.18. The maximum atomic E-state index is 5.26. The van der Waals surface area contributed by atoms with Crippen molar-refractivity contribution in [3.8, 4) is 22.8 Å². The maximum absolute atomic E-state index is 5.26. The molecule has 134 valence electrons. The summed E-state index contributed by atoms with van der Waals surface area (Å²) in [6.45, 7) is 0.554. The van der Waals surface area contributed by atoms with Crippen LogP contribution in [-0.2, 0) is 6.54 Å². The lowest BCUT2D eigenvalue weighted by atomic mass is 10.2. The van der Waals surface area contributed by atoms with E-state index in [1.165, 1.54) is 11.5 Å². The van der Waals surface area contributed by atoms with Crippen molar-refractivity contribution in [3.05, 3.63) is 89.5 Å². The lowest BCUT2D eigenvalue weighted by molar-refractivity contribution is 0.415. The van der Waals surface area contributed by atoms with Gasteiger partial charge in [-0.15, -0.1) is 0 Å². The minimum atomic E-state index is 0.554. The van der Waals surface area contributed by atoms with Gasteiger partial charge in [-0.1, -0.05) is 24.3 Å². The molecule has 0 atom stereocenters. The summed E-state index contributed by atoms with van der Waals surface area (Å²) in [7, 11) is 1.66. The van der Waals surface area contributed by atoms with Crippen LogP contribution in [0.1, 0.15) is 5.56 Å². The first-order valence-electron chi connectivity index (χ1n) is 8.53. The Morgan fingerprint density at radius 1 is 1.00 bits per heavy atom. The van der Waals surface area contributed by atoms with Crippen molar-refractivity contribution in [1.29, 1.82) is 0 Å². The van der Waals surface area contributed by atoms with Crippen molar-refractivity contribution in [3.63, 3.8) is 0 Å². The van der Waals surface area contributed by atoms with E-state index >= 15 is 0 Å². The first kappa shape index (κ1) is 17.2. The third-order valence-corrected chi connectivity index (χ3v) is 4.98. The molecule has 0 bridgehead atoms. The molecule has 27 heavy (non-hydrogen) atoms. The van der Waals surface area contributed by atoms with Crippen LogP contribution in [0, 0.1) is 0 Å². The minimum Gasteiger partial charge on any atom is -0.497 e. The summed E-state index contributed by atoms with van der Waals surface area (Å²) in [5.41, 5.74) is 3.13. The molecule has 0 aliphatic carbocycles. The average molecular weight is 374 g/mol. The predicted octanol–water partition coefficient (Wildman–Crippen LogP) is 4.11. The second-order valence-electron chi connectivity index (χ2n) is 5.85. The van der Waals surface area contributed by atoms with E-state index in [0.717, 1.165) is 33.2 Å². The smallest absolute Gasteiger partial charge is 0.223 e. The van der Waals surface area contributed by atoms with E-state index in [1.807, 2.05) is 60.8 Å². The molecule has 0 N–H and O–H groups in total. The number of para-hydroxylation sites is 1. The number of benzene rings is 2. The molecule has 0 aliphatic rings. The zero-order chi connectivity index (χ0) is 18.5. The number of hydrogen-bond acceptors (Lipinski definition) is 5. The predicted molar refractivity (Wildman–Crippen MR) is 107 cm³/mol. The van der Waals surface area contributed by atoms with Crippen LogP contribution in [0.25, 0.3) is 17.1 Å². The summed E-state index contributed by atoms with van der Waals surface area (Å²) < 4.78 is 7.36. The molecule has 0 saturated carbocycles. The molecular formula is C21H18N4OS. The molecule has 2 heterocycles. The lowest BCUT2D eigenvalue weighted by Gasteiger charge is -2.06. The number of rotatable bonds is 5. The molecule has 0 amide bonds. The standard InChI is InChI=1S/C21H18N4OS/c1-26-19-11-9-17(10-12-19)20-24-21(23-15-16-6-5-13-22-14-16)27-25(20)18-7-3-2-4-8-18/h2-14H,15H2,1H3. The number of methoxy groups -OCH3 is 1. The number of ether oxygens (including phenoxy) is 1. The molecule has 0 radical (unpaired) electrons. The molecule has 0 saturated heterocycles. The van der Waals surface area contributed by atoms with Crippen molar-refractivity contribution in [2.24, 2.45) is 4.99 Å². The van der Waals surface area contributed by atoms with Crippen LogP contribution in [0.3, 0.4) is 0 Å². The monoisotopic (exact) mass is 374 g/mol. The molecule has 5 nitrogen and oxygen atoms in total. The molecule has 0 unspecified atom stereocenters. The summed E-state index contributed by atoms with van der Waals surface area (Å²) in [5, 5.41) is 0. The largest absolute Gasteiger partial charge is 0.497 e. The summed E-state index contributed by atoms with van der Waals surface area (Å²) in [5.74, 6) is 1.68. The van der Waals surface area contributed by atoms with Crippen LogP contribution in [0.5, 0.6) is 5.75 Å². The quantitative estimate of drug-likeness (QED) is 0.528. The number of nitrogens with zero attached hydrogens (tertiary/aromatic N) is 4. The van der Waals surface area contributed by atoms with Gasteiger partial charge in [0.25, 0.3) is 0 Å². The van der Waals surface area contributed by atoms with Gasteiger partial charge in [0, 0.05) is 18.0 Å². The van der Waals surface area contributed by atoms with E-state index in [9.17, 15) is 0 Å². The van der Waals surface area contributed by atoms with Gasteiger partial charge in [0.1, 0.15) is 5.75 Å². The van der Waals surface area contributed by atoms with Crippen LogP contribution in [0.15, 0.2) is 84.1 Å². The molecular weight excluding hydrogens is 356 g/mol. The normalized spacial score (nSPS) is 11.5. The fourth-order valence-electron chi connectivity index (χ4n) is 2.66. The fourth-order valence-corrected chi connectivity index (χ4v) is 3.53. The molecule has 6 heteroatoms. The second kappa shape index (κ2) is 7.97. The summed E-state index contributed by atoms with van der Waals surface area (Å²) in [6, 6.07) is 22.0. The Morgan fingerprint density at radius 3 is 2.52 bits per heavy atom. The van der Waals surface area contributed by atoms with Gasteiger partial charge in [-0.3, -0.25) is 9.98 Å². The molecule has 2 aromatic carbocycles. The molecule has 4 rings (SSSR count). The number of aromatic nitrogens is 3. The Balaban J connectivity index is 1.77. The zero-order valence-electron chi connectivity index (χ0n) is 14.8. The summed E-state index contributed by atoms with van der Waals surface area (Å²) in [4.78, 5) is 14.3. The van der Waals surface area contributed by atoms with Gasteiger partial charge in [-0.25, -0.2) is 3.96 Å². The van der Waals surface area contributed by atoms with Crippen LogP contribution in [0.2, 0.25) is 0 Å².